The maximum atomic E-state index is 15.3. The molecule has 3 heterocycles. The highest BCUT2D eigenvalue weighted by Gasteiger charge is 2.38. The minimum absolute atomic E-state index is 0.0822. The molecule has 0 aliphatic carbocycles. The first kappa shape index (κ1) is 33.5. The molecule has 2 saturated heterocycles. The van der Waals surface area contributed by atoms with Crippen LogP contribution < -0.4 is 20.7 Å². The van der Waals surface area contributed by atoms with Gasteiger partial charge in [-0.3, -0.25) is 13.9 Å². The molecule has 1 aromatic heterocycles. The van der Waals surface area contributed by atoms with Gasteiger partial charge in [-0.25, -0.2) is 27.3 Å². The fourth-order valence-electron chi connectivity index (χ4n) is 6.14. The number of anilines is 1. The number of methoxy groups -OCH3 is 1. The standard InChI is InChI=1S/C31H36F3N5O6S/c1-45-27-12-8-19(15-36-27)28(18-7-11-24(33)25(34)14-18)29(38-31(41)42)30(40)37-26-6-2-5-23(32)22(26)10-9-21-16-35-20-4-3-13-46(43,44)39(21)17-20/h2,5-8,11-12,14-15,20-21,28-29,35,38,43-44H,3-4,9-10,13,16-17H2,1H3,(H,37,40)(H,41,42)/t20?,21?,28-,29+/m1/s1. The number of rotatable bonds is 10. The highest BCUT2D eigenvalue weighted by atomic mass is 32.3. The Labute approximate surface area is 265 Å². The van der Waals surface area contributed by atoms with Crippen molar-refractivity contribution in [2.24, 2.45) is 0 Å². The fraction of sp³-hybridized carbons (Fsp3) is 0.387. The van der Waals surface area contributed by atoms with Crippen molar-refractivity contribution in [1.29, 1.82) is 0 Å². The van der Waals surface area contributed by atoms with Crippen LogP contribution in [-0.2, 0) is 11.2 Å². The van der Waals surface area contributed by atoms with E-state index in [2.05, 4.69) is 20.9 Å². The minimum atomic E-state index is -2.98. The second kappa shape index (κ2) is 14.3. The molecule has 0 saturated carbocycles. The van der Waals surface area contributed by atoms with Crippen molar-refractivity contribution in [1.82, 2.24) is 19.9 Å². The Morgan fingerprint density at radius 1 is 1.11 bits per heavy atom. The lowest BCUT2D eigenvalue weighted by Gasteiger charge is -2.49. The SMILES string of the molecule is COc1ccc([C@@H](c2ccc(F)c(F)c2)[C@H](NC(=O)O)C(=O)Nc2cccc(F)c2CCC2CNC3CCCS(O)(O)N2C3)cn1. The van der Waals surface area contributed by atoms with Crippen LogP contribution in [0.2, 0.25) is 0 Å². The minimum Gasteiger partial charge on any atom is -0.481 e. The van der Waals surface area contributed by atoms with E-state index in [-0.39, 0.29) is 47.0 Å². The molecule has 0 spiro atoms. The molecule has 5 atom stereocenters. The summed E-state index contributed by atoms with van der Waals surface area (Å²) < 4.78 is 72.0. The zero-order chi connectivity index (χ0) is 33.0. The van der Waals surface area contributed by atoms with Gasteiger partial charge in [-0.15, -0.1) is 10.8 Å². The molecule has 46 heavy (non-hydrogen) atoms. The summed E-state index contributed by atoms with van der Waals surface area (Å²) in [5.41, 5.74) is 0.607. The summed E-state index contributed by atoms with van der Waals surface area (Å²) in [6.07, 6.45) is 1.73. The number of nitrogens with zero attached hydrogens (tertiary/aromatic N) is 2. The Bertz CT molecular complexity index is 1570. The largest absolute Gasteiger partial charge is 0.481 e. The van der Waals surface area contributed by atoms with Gasteiger partial charge in [-0.05, 0) is 61.1 Å². The first-order valence-corrected chi connectivity index (χ1v) is 16.4. The van der Waals surface area contributed by atoms with E-state index >= 15 is 4.39 Å². The maximum Gasteiger partial charge on any atom is 0.405 e. The summed E-state index contributed by atoms with van der Waals surface area (Å²) in [4.78, 5) is 30.0. The van der Waals surface area contributed by atoms with Gasteiger partial charge in [0, 0.05) is 54.6 Å². The molecule has 2 amide bonds. The number of piperazine rings is 1. The van der Waals surface area contributed by atoms with Gasteiger partial charge < -0.3 is 25.8 Å². The third-order valence-corrected chi connectivity index (χ3v) is 10.5. The number of pyridine rings is 1. The zero-order valence-electron chi connectivity index (χ0n) is 25.0. The molecule has 2 fully saturated rings. The van der Waals surface area contributed by atoms with Crippen molar-refractivity contribution in [3.8, 4) is 5.88 Å². The molecule has 248 valence electrons. The highest BCUT2D eigenvalue weighted by molar-refractivity contribution is 8.22. The number of fused-ring (bicyclic) bond motifs is 2. The first-order chi connectivity index (χ1) is 22.0. The number of aromatic nitrogens is 1. The lowest BCUT2D eigenvalue weighted by atomic mass is 9.85. The molecule has 2 aliphatic heterocycles. The van der Waals surface area contributed by atoms with E-state index in [0.717, 1.165) is 18.6 Å². The maximum absolute atomic E-state index is 15.3. The summed E-state index contributed by atoms with van der Waals surface area (Å²) >= 11 is 0. The third-order valence-electron chi connectivity index (χ3n) is 8.43. The number of ether oxygens (including phenoxy) is 1. The molecule has 3 aromatic rings. The summed E-state index contributed by atoms with van der Waals surface area (Å²) in [7, 11) is -1.58. The fourth-order valence-corrected chi connectivity index (χ4v) is 8.00. The Kier molecular flexibility index (Phi) is 10.4. The number of carboxylic acid groups (broad SMARTS) is 1. The quantitative estimate of drug-likeness (QED) is 0.177. The zero-order valence-corrected chi connectivity index (χ0v) is 25.8. The molecule has 15 heteroatoms. The van der Waals surface area contributed by atoms with Crippen LogP contribution in [0, 0.1) is 17.5 Å². The van der Waals surface area contributed by atoms with Crippen LogP contribution in [0.3, 0.4) is 0 Å². The van der Waals surface area contributed by atoms with Gasteiger partial charge in [0.25, 0.3) is 0 Å². The first-order valence-electron chi connectivity index (χ1n) is 14.8. The summed E-state index contributed by atoms with van der Waals surface area (Å²) in [5.74, 6) is -4.51. The van der Waals surface area contributed by atoms with E-state index in [4.69, 9.17) is 4.74 Å². The van der Waals surface area contributed by atoms with Crippen LogP contribution in [0.1, 0.15) is 41.9 Å². The predicted molar refractivity (Wildman–Crippen MR) is 167 cm³/mol. The van der Waals surface area contributed by atoms with Gasteiger partial charge in [-0.1, -0.05) is 18.2 Å². The molecule has 0 radical (unpaired) electrons. The molecule has 5 rings (SSSR count). The Balaban J connectivity index is 1.44. The van der Waals surface area contributed by atoms with Gasteiger partial charge in [-0.2, -0.15) is 0 Å². The molecule has 3 unspecified atom stereocenters. The number of hydrogen-bond donors (Lipinski definition) is 6. The van der Waals surface area contributed by atoms with E-state index < -0.39 is 52.2 Å². The Morgan fingerprint density at radius 3 is 2.59 bits per heavy atom. The number of amides is 2. The molecule has 2 aromatic carbocycles. The Morgan fingerprint density at radius 2 is 1.89 bits per heavy atom. The second-order valence-corrected chi connectivity index (χ2v) is 13.5. The van der Waals surface area contributed by atoms with Crippen molar-refractivity contribution in [2.75, 3.05) is 31.3 Å². The van der Waals surface area contributed by atoms with Crippen molar-refractivity contribution in [3.63, 3.8) is 0 Å². The number of benzene rings is 2. The summed E-state index contributed by atoms with van der Waals surface area (Å²) in [5, 5.41) is 18.0. The second-order valence-electron chi connectivity index (χ2n) is 11.3. The average Bonchev–Trinajstić information content (AvgIpc) is 3.14. The van der Waals surface area contributed by atoms with Gasteiger partial charge in [0.15, 0.2) is 11.6 Å². The molecular weight excluding hydrogens is 627 g/mol. The number of hydrogen-bond acceptors (Lipinski definition) is 8. The van der Waals surface area contributed by atoms with Crippen molar-refractivity contribution in [2.45, 2.75) is 49.7 Å². The van der Waals surface area contributed by atoms with Crippen LogP contribution >= 0.6 is 10.8 Å². The normalized spacial score (nSPS) is 22.5. The van der Waals surface area contributed by atoms with Gasteiger partial charge >= 0.3 is 6.09 Å². The van der Waals surface area contributed by atoms with E-state index in [0.29, 0.717) is 31.5 Å². The molecule has 6 N–H and O–H groups in total. The summed E-state index contributed by atoms with van der Waals surface area (Å²) in [6.45, 7) is 0.940. The highest BCUT2D eigenvalue weighted by Crippen LogP contribution is 2.49. The monoisotopic (exact) mass is 663 g/mol. The van der Waals surface area contributed by atoms with E-state index in [1.54, 1.807) is 4.31 Å². The molecule has 2 aliphatic rings. The predicted octanol–water partition coefficient (Wildman–Crippen LogP) is 4.95. The van der Waals surface area contributed by atoms with Crippen LogP contribution in [0.4, 0.5) is 23.7 Å². The Hall–Kier alpha value is -3.89. The van der Waals surface area contributed by atoms with E-state index in [9.17, 15) is 32.6 Å². The van der Waals surface area contributed by atoms with E-state index in [1.165, 1.54) is 49.7 Å². The number of nitrogens with one attached hydrogen (secondary N) is 3. The van der Waals surface area contributed by atoms with Gasteiger partial charge in [0.05, 0.1) is 12.9 Å². The van der Waals surface area contributed by atoms with E-state index in [1.807, 2.05) is 0 Å². The van der Waals surface area contributed by atoms with Crippen LogP contribution in [0.5, 0.6) is 5.88 Å². The number of halogens is 3. The number of carbonyl (C=O) groups is 2. The molecular formula is C31H36F3N5O6S. The van der Waals surface area contributed by atoms with Crippen molar-refractivity contribution in [3.05, 3.63) is 88.9 Å². The molecule has 2 bridgehead atoms. The van der Waals surface area contributed by atoms with Crippen LogP contribution in [-0.4, -0.2) is 79.6 Å². The van der Waals surface area contributed by atoms with Crippen LogP contribution in [0.15, 0.2) is 54.7 Å². The van der Waals surface area contributed by atoms with Gasteiger partial charge in [0.1, 0.15) is 11.9 Å². The summed E-state index contributed by atoms with van der Waals surface area (Å²) in [6, 6.07) is 8.32. The third kappa shape index (κ3) is 7.56. The lowest BCUT2D eigenvalue weighted by Crippen LogP contribution is -2.55. The van der Waals surface area contributed by atoms with Crippen LogP contribution in [0.25, 0.3) is 0 Å². The smallest absolute Gasteiger partial charge is 0.405 e. The average molecular weight is 664 g/mol. The topological polar surface area (TPSA) is 156 Å². The van der Waals surface area contributed by atoms with Crippen molar-refractivity contribution >= 4 is 28.5 Å². The number of carbonyl (C=O) groups excluding carboxylic acids is 1. The molecule has 11 nitrogen and oxygen atoms in total. The van der Waals surface area contributed by atoms with Crippen molar-refractivity contribution < 1.29 is 41.7 Å². The van der Waals surface area contributed by atoms with Gasteiger partial charge in [0.2, 0.25) is 11.8 Å². The lowest BCUT2D eigenvalue weighted by molar-refractivity contribution is -0.118.